The Hall–Kier alpha value is -3.82. The molecule has 37 heavy (non-hydrogen) atoms. The number of hydrogen-bond acceptors (Lipinski definition) is 5. The van der Waals surface area contributed by atoms with Crippen LogP contribution in [0.2, 0.25) is 0 Å². The maximum atomic E-state index is 6.00. The van der Waals surface area contributed by atoms with Gasteiger partial charge in [-0.05, 0) is 56.6 Å². The molecule has 0 amide bonds. The zero-order valence-corrected chi connectivity index (χ0v) is 20.6. The summed E-state index contributed by atoms with van der Waals surface area (Å²) in [5.41, 5.74) is 1.86. The Morgan fingerprint density at radius 2 is 1.08 bits per heavy atom. The van der Waals surface area contributed by atoms with Crippen LogP contribution in [0.25, 0.3) is 32.3 Å². The molecule has 0 N–H and O–H groups in total. The molecule has 0 fully saturated rings. The smallest absolute Gasteiger partial charge is 0.162 e. The van der Waals surface area contributed by atoms with E-state index in [1.54, 1.807) is 0 Å². The van der Waals surface area contributed by atoms with E-state index in [2.05, 4.69) is 66.4 Å². The largest absolute Gasteiger partial charge is 0.487 e. The molecule has 186 valence electrons. The molecule has 0 bridgehead atoms. The molecule has 5 aromatic rings. The van der Waals surface area contributed by atoms with E-state index in [0.717, 1.165) is 11.1 Å². The lowest BCUT2D eigenvalue weighted by Gasteiger charge is -2.13. The quantitative estimate of drug-likeness (QED) is 0.202. The summed E-state index contributed by atoms with van der Waals surface area (Å²) in [6.45, 7) is 3.94. The molecule has 5 heteroatoms. The van der Waals surface area contributed by atoms with Gasteiger partial charge in [-0.25, -0.2) is 0 Å². The normalized spacial score (nSPS) is 15.7. The molecule has 5 nitrogen and oxygen atoms in total. The highest BCUT2D eigenvalue weighted by Gasteiger charge is 2.10. The predicted molar refractivity (Wildman–Crippen MR) is 146 cm³/mol. The number of benzene rings is 5. The number of ether oxygens (including phenoxy) is 5. The molecule has 5 aromatic carbocycles. The summed E-state index contributed by atoms with van der Waals surface area (Å²) in [5.74, 6) is 8.07. The van der Waals surface area contributed by atoms with Crippen LogP contribution in [0.15, 0.2) is 72.8 Å². The summed E-state index contributed by atoms with van der Waals surface area (Å²) in [4.78, 5) is 0. The average molecular weight is 493 g/mol. The van der Waals surface area contributed by atoms with Gasteiger partial charge in [0.1, 0.15) is 13.2 Å². The summed E-state index contributed by atoms with van der Waals surface area (Å²) in [6.07, 6.45) is 0. The van der Waals surface area contributed by atoms with Crippen LogP contribution in [0.1, 0.15) is 11.1 Å². The first kappa shape index (κ1) is 23.6. The SMILES string of the molecule is C(#Cc1ccc2ccc3cccc4ccc1c2c34)c1ccc2c(c1)OCCOCCOCCOCCO2. The standard InChI is InChI=1S/C32H28O5/c1-2-25-9-10-27-8-7-24(28-12-11-26(3-1)31(25)32(27)28)6-4-23-5-13-29-30(22-23)37-21-19-35-17-15-33-14-16-34-18-20-36-29/h1-3,5,7-13,22H,14-21H2. The maximum Gasteiger partial charge on any atom is 0.162 e. The van der Waals surface area contributed by atoms with Crippen LogP contribution < -0.4 is 9.47 Å². The van der Waals surface area contributed by atoms with Gasteiger partial charge in [0, 0.05) is 11.1 Å². The molecule has 0 radical (unpaired) electrons. The van der Waals surface area contributed by atoms with Gasteiger partial charge in [0.25, 0.3) is 0 Å². The maximum absolute atomic E-state index is 6.00. The molecule has 0 unspecified atom stereocenters. The molecule has 1 heterocycles. The summed E-state index contributed by atoms with van der Waals surface area (Å²) in [6, 6.07) is 25.3. The molecule has 0 atom stereocenters. The molecular formula is C32H28O5. The first-order valence-electron chi connectivity index (χ1n) is 12.7. The van der Waals surface area contributed by atoms with Crippen LogP contribution in [0.4, 0.5) is 0 Å². The van der Waals surface area contributed by atoms with Crippen molar-refractivity contribution in [2.24, 2.45) is 0 Å². The summed E-state index contributed by atoms with van der Waals surface area (Å²) >= 11 is 0. The van der Waals surface area contributed by atoms with E-state index in [4.69, 9.17) is 23.7 Å². The molecule has 0 aromatic heterocycles. The molecule has 0 spiro atoms. The molecule has 0 saturated carbocycles. The number of hydrogen-bond donors (Lipinski definition) is 0. The zero-order valence-electron chi connectivity index (χ0n) is 20.6. The topological polar surface area (TPSA) is 46.2 Å². The second-order valence-electron chi connectivity index (χ2n) is 8.91. The third kappa shape index (κ3) is 5.19. The van der Waals surface area contributed by atoms with Crippen molar-refractivity contribution in [2.75, 3.05) is 52.9 Å². The van der Waals surface area contributed by atoms with Gasteiger partial charge in [-0.2, -0.15) is 0 Å². The van der Waals surface area contributed by atoms with Gasteiger partial charge in [-0.1, -0.05) is 60.4 Å². The lowest BCUT2D eigenvalue weighted by molar-refractivity contribution is 0.00708. The minimum atomic E-state index is 0.415. The lowest BCUT2D eigenvalue weighted by atomic mass is 9.92. The first-order chi connectivity index (χ1) is 18.4. The van der Waals surface area contributed by atoms with Gasteiger partial charge < -0.3 is 23.7 Å². The third-order valence-electron chi connectivity index (χ3n) is 6.53. The lowest BCUT2D eigenvalue weighted by Crippen LogP contribution is -2.13. The van der Waals surface area contributed by atoms with E-state index >= 15 is 0 Å². The highest BCUT2D eigenvalue weighted by molar-refractivity contribution is 6.23. The van der Waals surface area contributed by atoms with Gasteiger partial charge in [-0.3, -0.25) is 0 Å². The van der Waals surface area contributed by atoms with Crippen molar-refractivity contribution in [1.82, 2.24) is 0 Å². The van der Waals surface area contributed by atoms with Gasteiger partial charge in [0.05, 0.1) is 39.6 Å². The zero-order chi connectivity index (χ0) is 24.9. The van der Waals surface area contributed by atoms with E-state index in [1.807, 2.05) is 18.2 Å². The van der Waals surface area contributed by atoms with Crippen molar-refractivity contribution in [3.63, 3.8) is 0 Å². The van der Waals surface area contributed by atoms with Gasteiger partial charge in [-0.15, -0.1) is 0 Å². The summed E-state index contributed by atoms with van der Waals surface area (Å²) < 4.78 is 28.5. The van der Waals surface area contributed by atoms with Gasteiger partial charge in [0.15, 0.2) is 11.5 Å². The van der Waals surface area contributed by atoms with Crippen LogP contribution in [0.3, 0.4) is 0 Å². The molecule has 1 aliphatic rings. The first-order valence-corrected chi connectivity index (χ1v) is 12.7. The number of fused-ring (bicyclic) bond motifs is 1. The fourth-order valence-electron chi connectivity index (χ4n) is 4.76. The van der Waals surface area contributed by atoms with Crippen LogP contribution in [0.5, 0.6) is 11.5 Å². The molecular weight excluding hydrogens is 464 g/mol. The molecule has 1 aliphatic heterocycles. The van der Waals surface area contributed by atoms with Gasteiger partial charge >= 0.3 is 0 Å². The summed E-state index contributed by atoms with van der Waals surface area (Å²) in [7, 11) is 0. The van der Waals surface area contributed by atoms with Crippen LogP contribution in [-0.2, 0) is 14.2 Å². The Morgan fingerprint density at radius 1 is 0.486 bits per heavy atom. The van der Waals surface area contributed by atoms with E-state index in [-0.39, 0.29) is 0 Å². The monoisotopic (exact) mass is 492 g/mol. The fourth-order valence-corrected chi connectivity index (χ4v) is 4.76. The van der Waals surface area contributed by atoms with E-state index in [1.165, 1.54) is 32.3 Å². The molecule has 6 rings (SSSR count). The van der Waals surface area contributed by atoms with Crippen LogP contribution in [0, 0.1) is 11.8 Å². The third-order valence-corrected chi connectivity index (χ3v) is 6.53. The van der Waals surface area contributed by atoms with Gasteiger partial charge in [0.2, 0.25) is 0 Å². The second-order valence-corrected chi connectivity index (χ2v) is 8.91. The van der Waals surface area contributed by atoms with E-state index in [9.17, 15) is 0 Å². The minimum Gasteiger partial charge on any atom is -0.487 e. The van der Waals surface area contributed by atoms with Crippen molar-refractivity contribution in [1.29, 1.82) is 0 Å². The fraction of sp³-hybridized carbons (Fsp3) is 0.250. The van der Waals surface area contributed by atoms with Crippen LogP contribution >= 0.6 is 0 Å². The average Bonchev–Trinajstić information content (AvgIpc) is 2.94. The number of rotatable bonds is 0. The van der Waals surface area contributed by atoms with Crippen LogP contribution in [-0.4, -0.2) is 52.9 Å². The Kier molecular flexibility index (Phi) is 7.05. The Labute approximate surface area is 216 Å². The van der Waals surface area contributed by atoms with E-state index in [0.29, 0.717) is 64.4 Å². The Morgan fingerprint density at radius 3 is 1.81 bits per heavy atom. The summed E-state index contributed by atoms with van der Waals surface area (Å²) in [5, 5.41) is 7.47. The van der Waals surface area contributed by atoms with Crippen molar-refractivity contribution in [3.8, 4) is 23.3 Å². The Bertz CT molecular complexity index is 1560. The van der Waals surface area contributed by atoms with Crippen molar-refractivity contribution in [2.45, 2.75) is 0 Å². The highest BCUT2D eigenvalue weighted by atomic mass is 16.6. The second kappa shape index (κ2) is 11.1. The predicted octanol–water partition coefficient (Wildman–Crippen LogP) is 5.80. The van der Waals surface area contributed by atoms with Crippen molar-refractivity contribution >= 4 is 32.3 Å². The minimum absolute atomic E-state index is 0.415. The van der Waals surface area contributed by atoms with E-state index < -0.39 is 0 Å². The highest BCUT2D eigenvalue weighted by Crippen LogP contribution is 2.35. The van der Waals surface area contributed by atoms with Crippen molar-refractivity contribution < 1.29 is 23.7 Å². The molecule has 0 saturated heterocycles. The Balaban J connectivity index is 1.30. The van der Waals surface area contributed by atoms with Crippen molar-refractivity contribution in [3.05, 3.63) is 83.9 Å². The molecule has 0 aliphatic carbocycles.